The highest BCUT2D eigenvalue weighted by atomic mass is 16.5. The van der Waals surface area contributed by atoms with E-state index in [9.17, 15) is 0 Å². The van der Waals surface area contributed by atoms with Crippen LogP contribution < -0.4 is 4.90 Å². The first-order chi connectivity index (χ1) is 10.3. The molecule has 2 rings (SSSR count). The highest BCUT2D eigenvalue weighted by Crippen LogP contribution is 2.25. The van der Waals surface area contributed by atoms with Crippen LogP contribution in [0.5, 0.6) is 0 Å². The molecule has 0 saturated carbocycles. The molecular weight excluding hydrogens is 276 g/mol. The molecule has 0 N–H and O–H groups in total. The third-order valence-electron chi connectivity index (χ3n) is 4.24. The molecule has 0 spiro atoms. The zero-order valence-electron chi connectivity index (χ0n) is 14.9. The molecule has 0 aromatic carbocycles. The quantitative estimate of drug-likeness (QED) is 0.854. The maximum absolute atomic E-state index is 5.28. The Morgan fingerprint density at radius 3 is 2.68 bits per heavy atom. The lowest BCUT2D eigenvalue weighted by molar-refractivity contribution is 0.181. The molecule has 1 aromatic rings. The first kappa shape index (κ1) is 17.2. The number of methoxy groups -OCH3 is 1. The molecule has 0 radical (unpaired) electrons. The van der Waals surface area contributed by atoms with Crippen molar-refractivity contribution >= 4 is 5.82 Å². The molecule has 22 heavy (non-hydrogen) atoms. The molecular formula is C17H30N4O. The van der Waals surface area contributed by atoms with Gasteiger partial charge in [0, 0.05) is 38.2 Å². The average molecular weight is 306 g/mol. The predicted molar refractivity (Wildman–Crippen MR) is 90.4 cm³/mol. The van der Waals surface area contributed by atoms with E-state index in [1.165, 1.54) is 19.4 Å². The number of rotatable bonds is 4. The van der Waals surface area contributed by atoms with E-state index in [1.54, 1.807) is 7.11 Å². The van der Waals surface area contributed by atoms with Gasteiger partial charge in [-0.2, -0.15) is 0 Å². The minimum atomic E-state index is -0.0668. The van der Waals surface area contributed by atoms with Gasteiger partial charge in [0.2, 0.25) is 0 Å². The second kappa shape index (κ2) is 6.92. The molecule has 0 bridgehead atoms. The summed E-state index contributed by atoms with van der Waals surface area (Å²) in [4.78, 5) is 14.2. The first-order valence-corrected chi connectivity index (χ1v) is 8.10. The molecule has 1 aromatic heterocycles. The Kier molecular flexibility index (Phi) is 5.40. The summed E-state index contributed by atoms with van der Waals surface area (Å²) < 4.78 is 5.28. The SMILES string of the molecule is COCc1cc(N(C)C2CCCN(C)C2)nc(C(C)(C)C)n1. The monoisotopic (exact) mass is 306 g/mol. The summed E-state index contributed by atoms with van der Waals surface area (Å²) in [5, 5.41) is 0. The fourth-order valence-electron chi connectivity index (χ4n) is 2.86. The van der Waals surface area contributed by atoms with Crippen molar-refractivity contribution in [1.82, 2.24) is 14.9 Å². The summed E-state index contributed by atoms with van der Waals surface area (Å²) in [5.41, 5.74) is 0.885. The topological polar surface area (TPSA) is 41.5 Å². The third-order valence-corrected chi connectivity index (χ3v) is 4.24. The molecule has 1 aliphatic heterocycles. The van der Waals surface area contributed by atoms with Crippen molar-refractivity contribution < 1.29 is 4.74 Å². The summed E-state index contributed by atoms with van der Waals surface area (Å²) in [6.07, 6.45) is 2.46. The smallest absolute Gasteiger partial charge is 0.136 e. The van der Waals surface area contributed by atoms with Crippen molar-refractivity contribution in [2.75, 3.05) is 39.2 Å². The van der Waals surface area contributed by atoms with E-state index < -0.39 is 0 Å². The maximum atomic E-state index is 5.28. The molecule has 0 aliphatic carbocycles. The number of likely N-dealkylation sites (tertiary alicyclic amines) is 1. The van der Waals surface area contributed by atoms with Crippen LogP contribution in [-0.4, -0.2) is 55.2 Å². The molecule has 1 unspecified atom stereocenters. The number of hydrogen-bond donors (Lipinski definition) is 0. The van der Waals surface area contributed by atoms with Gasteiger partial charge in [-0.05, 0) is 26.4 Å². The van der Waals surface area contributed by atoms with Gasteiger partial charge in [0.15, 0.2) is 0 Å². The van der Waals surface area contributed by atoms with Crippen LogP contribution in [0.2, 0.25) is 0 Å². The predicted octanol–water partition coefficient (Wildman–Crippen LogP) is 2.45. The normalized spacial score (nSPS) is 20.2. The molecule has 1 saturated heterocycles. The second-order valence-electron chi connectivity index (χ2n) is 7.39. The lowest BCUT2D eigenvalue weighted by Crippen LogP contribution is -2.45. The Labute approximate surface area is 134 Å². The van der Waals surface area contributed by atoms with E-state index >= 15 is 0 Å². The number of piperidine rings is 1. The first-order valence-electron chi connectivity index (χ1n) is 8.10. The van der Waals surface area contributed by atoms with E-state index in [-0.39, 0.29) is 5.41 Å². The van der Waals surface area contributed by atoms with Crippen LogP contribution in [0.4, 0.5) is 5.82 Å². The minimum Gasteiger partial charge on any atom is -0.378 e. The van der Waals surface area contributed by atoms with Gasteiger partial charge in [-0.3, -0.25) is 0 Å². The minimum absolute atomic E-state index is 0.0668. The summed E-state index contributed by atoms with van der Waals surface area (Å²) in [6, 6.07) is 2.57. The van der Waals surface area contributed by atoms with Gasteiger partial charge >= 0.3 is 0 Å². The van der Waals surface area contributed by atoms with Gasteiger partial charge in [-0.15, -0.1) is 0 Å². The maximum Gasteiger partial charge on any atom is 0.136 e. The number of nitrogens with zero attached hydrogens (tertiary/aromatic N) is 4. The Hall–Kier alpha value is -1.20. The summed E-state index contributed by atoms with van der Waals surface area (Å²) in [5.74, 6) is 1.89. The molecule has 1 fully saturated rings. The summed E-state index contributed by atoms with van der Waals surface area (Å²) in [7, 11) is 6.05. The van der Waals surface area contributed by atoms with E-state index in [2.05, 4.69) is 55.7 Å². The van der Waals surface area contributed by atoms with Crippen LogP contribution in [0.25, 0.3) is 0 Å². The fraction of sp³-hybridized carbons (Fsp3) is 0.765. The summed E-state index contributed by atoms with van der Waals surface area (Å²) >= 11 is 0. The highest BCUT2D eigenvalue weighted by molar-refractivity contribution is 5.41. The standard InChI is InChI=1S/C17H30N4O/c1-17(2,3)16-18-13(12-22-6)10-15(19-16)21(5)14-8-7-9-20(4)11-14/h10,14H,7-9,11-12H2,1-6H3. The van der Waals surface area contributed by atoms with Crippen LogP contribution >= 0.6 is 0 Å². The largest absolute Gasteiger partial charge is 0.378 e. The van der Waals surface area contributed by atoms with Gasteiger partial charge in [0.05, 0.1) is 12.3 Å². The molecule has 2 heterocycles. The van der Waals surface area contributed by atoms with Gasteiger partial charge in [-0.25, -0.2) is 9.97 Å². The number of anilines is 1. The van der Waals surface area contributed by atoms with Crippen LogP contribution in [0.15, 0.2) is 6.07 Å². The number of likely N-dealkylation sites (N-methyl/N-ethyl adjacent to an activating group) is 2. The Morgan fingerprint density at radius 1 is 1.36 bits per heavy atom. The van der Waals surface area contributed by atoms with Gasteiger partial charge in [0.1, 0.15) is 11.6 Å². The van der Waals surface area contributed by atoms with E-state index in [0.717, 1.165) is 23.9 Å². The lowest BCUT2D eigenvalue weighted by Gasteiger charge is -2.37. The third kappa shape index (κ3) is 4.17. The van der Waals surface area contributed by atoms with Gasteiger partial charge in [0.25, 0.3) is 0 Å². The molecule has 1 atom stereocenters. The lowest BCUT2D eigenvalue weighted by atomic mass is 9.95. The Balaban J connectivity index is 2.29. The molecule has 5 heteroatoms. The number of hydrogen-bond acceptors (Lipinski definition) is 5. The van der Waals surface area contributed by atoms with Gasteiger partial charge < -0.3 is 14.5 Å². The van der Waals surface area contributed by atoms with Crippen LogP contribution in [-0.2, 0) is 16.8 Å². The van der Waals surface area contributed by atoms with Crippen LogP contribution in [0.1, 0.15) is 45.1 Å². The van der Waals surface area contributed by atoms with Crippen LogP contribution in [0, 0.1) is 0 Å². The zero-order valence-corrected chi connectivity index (χ0v) is 14.9. The second-order valence-corrected chi connectivity index (χ2v) is 7.39. The van der Waals surface area contributed by atoms with Gasteiger partial charge in [-0.1, -0.05) is 20.8 Å². The molecule has 5 nitrogen and oxygen atoms in total. The van der Waals surface area contributed by atoms with E-state index in [0.29, 0.717) is 12.6 Å². The Bertz CT molecular complexity index is 498. The van der Waals surface area contributed by atoms with E-state index in [4.69, 9.17) is 9.72 Å². The number of aromatic nitrogens is 2. The zero-order chi connectivity index (χ0) is 16.3. The van der Waals surface area contributed by atoms with Crippen molar-refractivity contribution in [1.29, 1.82) is 0 Å². The van der Waals surface area contributed by atoms with Crippen molar-refractivity contribution in [3.63, 3.8) is 0 Å². The van der Waals surface area contributed by atoms with Crippen LogP contribution in [0.3, 0.4) is 0 Å². The summed E-state index contributed by atoms with van der Waals surface area (Å²) in [6.45, 7) is 9.25. The molecule has 124 valence electrons. The van der Waals surface area contributed by atoms with E-state index in [1.807, 2.05) is 0 Å². The van der Waals surface area contributed by atoms with Crippen molar-refractivity contribution in [2.45, 2.75) is 51.7 Å². The molecule has 1 aliphatic rings. The van der Waals surface area contributed by atoms with Crippen molar-refractivity contribution in [2.24, 2.45) is 0 Å². The molecule has 0 amide bonds. The highest BCUT2D eigenvalue weighted by Gasteiger charge is 2.25. The number of ether oxygens (including phenoxy) is 1. The fourth-order valence-corrected chi connectivity index (χ4v) is 2.86. The van der Waals surface area contributed by atoms with Crippen molar-refractivity contribution in [3.8, 4) is 0 Å². The average Bonchev–Trinajstić information content (AvgIpc) is 2.45. The van der Waals surface area contributed by atoms with Crippen molar-refractivity contribution in [3.05, 3.63) is 17.6 Å². The Morgan fingerprint density at radius 2 is 2.09 bits per heavy atom.